The zero-order chi connectivity index (χ0) is 21.0. The maximum Gasteiger partial charge on any atom is 0.335 e. The van der Waals surface area contributed by atoms with E-state index in [0.29, 0.717) is 5.56 Å². The predicted octanol–water partition coefficient (Wildman–Crippen LogP) is 1.28. The number of carboxylic acid groups (broad SMARTS) is 1. The van der Waals surface area contributed by atoms with E-state index in [-0.39, 0.29) is 33.5 Å². The fourth-order valence-corrected chi connectivity index (χ4v) is 2.59. The Morgan fingerprint density at radius 1 is 1.04 bits per heavy atom. The van der Waals surface area contributed by atoms with Crippen molar-refractivity contribution in [1.29, 1.82) is 5.26 Å². The van der Waals surface area contributed by atoms with Crippen LogP contribution in [-0.4, -0.2) is 35.8 Å². The number of amides is 3. The summed E-state index contributed by atoms with van der Waals surface area (Å²) in [7, 11) is 1.39. The highest BCUT2D eigenvalue weighted by molar-refractivity contribution is 6.15. The lowest BCUT2D eigenvalue weighted by molar-refractivity contribution is 0.0696. The van der Waals surface area contributed by atoms with Crippen LogP contribution in [0.5, 0.6) is 0 Å². The number of aryl methyl sites for hydroxylation is 1. The number of nitrogens with one attached hydrogen (secondary N) is 2. The van der Waals surface area contributed by atoms with Crippen LogP contribution in [0, 0.1) is 18.3 Å². The number of primary amides is 1. The van der Waals surface area contributed by atoms with Gasteiger partial charge < -0.3 is 21.5 Å². The van der Waals surface area contributed by atoms with Gasteiger partial charge in [-0.25, -0.2) is 4.79 Å². The van der Waals surface area contributed by atoms with Crippen LogP contribution in [0.4, 0.5) is 5.69 Å². The Balaban J connectivity index is 2.58. The first-order valence-corrected chi connectivity index (χ1v) is 7.95. The van der Waals surface area contributed by atoms with Gasteiger partial charge in [-0.05, 0) is 42.8 Å². The second-order valence-electron chi connectivity index (χ2n) is 5.79. The highest BCUT2D eigenvalue weighted by Crippen LogP contribution is 2.24. The van der Waals surface area contributed by atoms with Crippen LogP contribution in [0.3, 0.4) is 0 Å². The third kappa shape index (κ3) is 3.96. The topological polar surface area (TPSA) is 162 Å². The van der Waals surface area contributed by atoms with Crippen LogP contribution in [0.15, 0.2) is 30.3 Å². The largest absolute Gasteiger partial charge is 0.478 e. The molecule has 5 N–H and O–H groups in total. The van der Waals surface area contributed by atoms with Crippen molar-refractivity contribution in [2.24, 2.45) is 5.73 Å². The summed E-state index contributed by atoms with van der Waals surface area (Å²) in [5.41, 5.74) is 5.46. The molecule has 0 aliphatic rings. The fraction of sp³-hybridized carbons (Fsp3) is 0.105. The molecule has 9 heteroatoms. The first kappa shape index (κ1) is 20.1. The second-order valence-corrected chi connectivity index (χ2v) is 5.79. The van der Waals surface area contributed by atoms with Crippen molar-refractivity contribution < 1.29 is 24.3 Å². The Hall–Kier alpha value is -4.19. The highest BCUT2D eigenvalue weighted by Gasteiger charge is 2.21. The number of nitriles is 1. The van der Waals surface area contributed by atoms with Gasteiger partial charge in [-0.15, -0.1) is 0 Å². The number of aromatic carboxylic acids is 1. The van der Waals surface area contributed by atoms with Crippen LogP contribution in [0.1, 0.15) is 52.6 Å². The number of rotatable bonds is 5. The zero-order valence-electron chi connectivity index (χ0n) is 15.0. The summed E-state index contributed by atoms with van der Waals surface area (Å²) in [5, 5.41) is 23.2. The van der Waals surface area contributed by atoms with E-state index in [0.717, 1.165) is 18.2 Å². The predicted molar refractivity (Wildman–Crippen MR) is 99.2 cm³/mol. The molecule has 2 aromatic rings. The van der Waals surface area contributed by atoms with E-state index in [4.69, 9.17) is 16.1 Å². The van der Waals surface area contributed by atoms with E-state index in [1.165, 1.54) is 19.2 Å². The van der Waals surface area contributed by atoms with Gasteiger partial charge >= 0.3 is 5.97 Å². The van der Waals surface area contributed by atoms with Crippen molar-refractivity contribution in [2.45, 2.75) is 6.92 Å². The fourth-order valence-electron chi connectivity index (χ4n) is 2.59. The number of carbonyl (C=O) groups excluding carboxylic acids is 3. The molecule has 0 atom stereocenters. The van der Waals surface area contributed by atoms with Gasteiger partial charge in [0.2, 0.25) is 5.91 Å². The van der Waals surface area contributed by atoms with E-state index in [1.54, 1.807) is 6.92 Å². The molecule has 0 unspecified atom stereocenters. The molecule has 0 aromatic heterocycles. The molecule has 0 aliphatic carbocycles. The van der Waals surface area contributed by atoms with Crippen LogP contribution in [-0.2, 0) is 0 Å². The van der Waals surface area contributed by atoms with Gasteiger partial charge in [0.15, 0.2) is 0 Å². The van der Waals surface area contributed by atoms with Crippen LogP contribution < -0.4 is 16.4 Å². The SMILES string of the molecule is CNC(=O)c1cc(C#N)cc(C)c1NC(=O)c1cc(C(=O)O)ccc1C(N)=O. The average Bonchev–Trinajstić information content (AvgIpc) is 2.67. The van der Waals surface area contributed by atoms with Gasteiger partial charge in [0, 0.05) is 7.05 Å². The number of nitrogens with two attached hydrogens (primary N) is 1. The Morgan fingerprint density at radius 2 is 1.71 bits per heavy atom. The maximum atomic E-state index is 12.8. The molecule has 2 aromatic carbocycles. The number of anilines is 1. The van der Waals surface area contributed by atoms with E-state index >= 15 is 0 Å². The molecule has 9 nitrogen and oxygen atoms in total. The Bertz CT molecular complexity index is 1050. The van der Waals surface area contributed by atoms with Gasteiger partial charge in [-0.2, -0.15) is 5.26 Å². The molecule has 0 radical (unpaired) electrons. The molecule has 0 bridgehead atoms. The lowest BCUT2D eigenvalue weighted by Gasteiger charge is -2.15. The van der Waals surface area contributed by atoms with Crippen molar-refractivity contribution >= 4 is 29.4 Å². The third-order valence-electron chi connectivity index (χ3n) is 3.95. The summed E-state index contributed by atoms with van der Waals surface area (Å²) >= 11 is 0. The number of hydrogen-bond donors (Lipinski definition) is 4. The van der Waals surface area contributed by atoms with Gasteiger partial charge in [0.1, 0.15) is 0 Å². The van der Waals surface area contributed by atoms with Crippen molar-refractivity contribution in [2.75, 3.05) is 12.4 Å². The molecule has 28 heavy (non-hydrogen) atoms. The number of carboxylic acids is 1. The first-order valence-electron chi connectivity index (χ1n) is 7.95. The molecule has 0 saturated carbocycles. The zero-order valence-corrected chi connectivity index (χ0v) is 15.0. The minimum atomic E-state index is -1.29. The maximum absolute atomic E-state index is 12.8. The third-order valence-corrected chi connectivity index (χ3v) is 3.95. The number of carbonyl (C=O) groups is 4. The number of hydrogen-bond acceptors (Lipinski definition) is 5. The molecule has 0 aliphatic heterocycles. The van der Waals surface area contributed by atoms with Gasteiger partial charge in [-0.3, -0.25) is 14.4 Å². The minimum Gasteiger partial charge on any atom is -0.478 e. The molecule has 0 spiro atoms. The molecule has 0 saturated heterocycles. The molecule has 3 amide bonds. The van der Waals surface area contributed by atoms with E-state index in [9.17, 15) is 19.2 Å². The Morgan fingerprint density at radius 3 is 2.25 bits per heavy atom. The summed E-state index contributed by atoms with van der Waals surface area (Å²) in [5.74, 6) is -3.56. The number of benzene rings is 2. The number of nitrogens with zero attached hydrogens (tertiary/aromatic N) is 1. The van der Waals surface area contributed by atoms with Crippen LogP contribution >= 0.6 is 0 Å². The van der Waals surface area contributed by atoms with Crippen molar-refractivity contribution in [1.82, 2.24) is 5.32 Å². The van der Waals surface area contributed by atoms with Crippen molar-refractivity contribution in [3.05, 3.63) is 63.7 Å². The molecule has 2 rings (SSSR count). The van der Waals surface area contributed by atoms with Gasteiger partial charge in [0.05, 0.1) is 39.6 Å². The lowest BCUT2D eigenvalue weighted by atomic mass is 10.0. The normalized spacial score (nSPS) is 9.89. The molecular formula is C19H16N4O5. The van der Waals surface area contributed by atoms with Crippen LogP contribution in [0.25, 0.3) is 0 Å². The average molecular weight is 380 g/mol. The summed E-state index contributed by atoms with van der Waals surface area (Å²) in [6, 6.07) is 8.03. The van der Waals surface area contributed by atoms with E-state index in [1.807, 2.05) is 6.07 Å². The molecule has 142 valence electrons. The van der Waals surface area contributed by atoms with Crippen LogP contribution in [0.2, 0.25) is 0 Å². The summed E-state index contributed by atoms with van der Waals surface area (Å²) in [6.07, 6.45) is 0. The quantitative estimate of drug-likeness (QED) is 0.610. The van der Waals surface area contributed by atoms with Crippen molar-refractivity contribution in [3.63, 3.8) is 0 Å². The minimum absolute atomic E-state index is 0.0439. The molecule has 0 heterocycles. The molecular weight excluding hydrogens is 364 g/mol. The van der Waals surface area contributed by atoms with E-state index in [2.05, 4.69) is 10.6 Å². The Kier molecular flexibility index (Phi) is 5.76. The summed E-state index contributed by atoms with van der Waals surface area (Å²) < 4.78 is 0. The Labute approximate surface area is 159 Å². The monoisotopic (exact) mass is 380 g/mol. The van der Waals surface area contributed by atoms with Gasteiger partial charge in [0.25, 0.3) is 11.8 Å². The highest BCUT2D eigenvalue weighted by atomic mass is 16.4. The summed E-state index contributed by atoms with van der Waals surface area (Å²) in [4.78, 5) is 47.8. The van der Waals surface area contributed by atoms with Crippen molar-refractivity contribution in [3.8, 4) is 6.07 Å². The lowest BCUT2D eigenvalue weighted by Crippen LogP contribution is -2.24. The summed E-state index contributed by atoms with van der Waals surface area (Å²) in [6.45, 7) is 1.59. The van der Waals surface area contributed by atoms with Gasteiger partial charge in [-0.1, -0.05) is 0 Å². The standard InChI is InChI=1S/C19H16N4O5/c1-9-5-10(8-20)6-14(17(25)22-2)15(9)23-18(26)13-7-11(19(27)28)3-4-12(13)16(21)24/h3-7H,1-2H3,(H2,21,24)(H,22,25)(H,23,26)(H,27,28). The second kappa shape index (κ2) is 8.01. The smallest absolute Gasteiger partial charge is 0.335 e. The molecule has 0 fully saturated rings. The van der Waals surface area contributed by atoms with E-state index < -0.39 is 23.7 Å². The first-order chi connectivity index (χ1) is 13.2.